The topological polar surface area (TPSA) is 32.3 Å². The van der Waals surface area contributed by atoms with Crippen LogP contribution >= 0.6 is 0 Å². The first-order chi connectivity index (χ1) is 7.70. The van der Waals surface area contributed by atoms with E-state index in [2.05, 4.69) is 31.3 Å². The van der Waals surface area contributed by atoms with Gasteiger partial charge in [-0.05, 0) is 31.7 Å². The molecule has 2 nitrogen and oxygen atoms in total. The summed E-state index contributed by atoms with van der Waals surface area (Å²) in [6, 6.07) is 9.00. The van der Waals surface area contributed by atoms with Gasteiger partial charge < -0.3 is 10.4 Å². The van der Waals surface area contributed by atoms with Gasteiger partial charge in [-0.15, -0.1) is 0 Å². The largest absolute Gasteiger partial charge is 0.387 e. The fourth-order valence-corrected chi connectivity index (χ4v) is 1.98. The van der Waals surface area contributed by atoms with E-state index in [9.17, 15) is 5.11 Å². The van der Waals surface area contributed by atoms with Crippen LogP contribution in [0.15, 0.2) is 24.3 Å². The molecule has 0 spiro atoms. The van der Waals surface area contributed by atoms with Crippen molar-refractivity contribution >= 4 is 0 Å². The van der Waals surface area contributed by atoms with Crippen LogP contribution in [0.4, 0.5) is 0 Å². The van der Waals surface area contributed by atoms with Crippen molar-refractivity contribution in [1.29, 1.82) is 0 Å². The second kappa shape index (κ2) is 4.98. The molecule has 2 N–H and O–H groups in total. The maximum absolute atomic E-state index is 10.3. The fourth-order valence-electron chi connectivity index (χ4n) is 1.98. The zero-order valence-electron chi connectivity index (χ0n) is 10.1. The van der Waals surface area contributed by atoms with E-state index in [1.165, 1.54) is 18.4 Å². The Balaban J connectivity index is 2.02. The molecule has 2 rings (SSSR count). The third kappa shape index (κ3) is 2.83. The van der Waals surface area contributed by atoms with Gasteiger partial charge in [0.05, 0.1) is 6.10 Å². The minimum Gasteiger partial charge on any atom is -0.387 e. The van der Waals surface area contributed by atoms with Crippen molar-refractivity contribution in [1.82, 2.24) is 5.32 Å². The van der Waals surface area contributed by atoms with Gasteiger partial charge in [0.25, 0.3) is 0 Å². The van der Waals surface area contributed by atoms with Crippen molar-refractivity contribution < 1.29 is 5.11 Å². The molecule has 2 atom stereocenters. The van der Waals surface area contributed by atoms with Gasteiger partial charge in [-0.2, -0.15) is 0 Å². The van der Waals surface area contributed by atoms with Crippen LogP contribution in [-0.2, 0) is 0 Å². The van der Waals surface area contributed by atoms with Gasteiger partial charge in [0.2, 0.25) is 0 Å². The molecule has 0 heterocycles. The maximum Gasteiger partial charge on any atom is 0.0942 e. The van der Waals surface area contributed by atoms with Crippen molar-refractivity contribution in [3.63, 3.8) is 0 Å². The Morgan fingerprint density at radius 3 is 2.44 bits per heavy atom. The van der Waals surface area contributed by atoms with Crippen LogP contribution in [-0.4, -0.2) is 17.2 Å². The molecule has 0 radical (unpaired) electrons. The second-order valence-electron chi connectivity index (χ2n) is 4.81. The summed E-state index contributed by atoms with van der Waals surface area (Å²) in [5.74, 6) is 0. The standard InChI is InChI=1S/C14H21NO/c1-3-13(15-12-8-9-12)14(16)11-6-4-10(2)5-7-11/h4-7,12-16H,3,8-9H2,1-2H3. The Bertz CT molecular complexity index is 329. The number of benzene rings is 1. The molecule has 0 saturated heterocycles. The zero-order valence-corrected chi connectivity index (χ0v) is 10.1. The van der Waals surface area contributed by atoms with Gasteiger partial charge in [-0.1, -0.05) is 36.8 Å². The molecule has 88 valence electrons. The van der Waals surface area contributed by atoms with Crippen LogP contribution < -0.4 is 5.32 Å². The second-order valence-corrected chi connectivity index (χ2v) is 4.81. The van der Waals surface area contributed by atoms with Gasteiger partial charge in [0, 0.05) is 12.1 Å². The van der Waals surface area contributed by atoms with Crippen molar-refractivity contribution in [2.75, 3.05) is 0 Å². The van der Waals surface area contributed by atoms with E-state index in [1.807, 2.05) is 12.1 Å². The number of hydrogen-bond donors (Lipinski definition) is 2. The van der Waals surface area contributed by atoms with Gasteiger partial charge in [0.1, 0.15) is 0 Å². The van der Waals surface area contributed by atoms with E-state index in [0.717, 1.165) is 12.0 Å². The summed E-state index contributed by atoms with van der Waals surface area (Å²) in [5.41, 5.74) is 2.25. The smallest absolute Gasteiger partial charge is 0.0942 e. The van der Waals surface area contributed by atoms with E-state index >= 15 is 0 Å². The third-order valence-corrected chi connectivity index (χ3v) is 3.27. The molecule has 0 aliphatic heterocycles. The molecule has 1 aliphatic rings. The first-order valence-electron chi connectivity index (χ1n) is 6.21. The Morgan fingerprint density at radius 1 is 1.31 bits per heavy atom. The number of aliphatic hydroxyl groups excluding tert-OH is 1. The van der Waals surface area contributed by atoms with Crippen molar-refractivity contribution in [3.8, 4) is 0 Å². The van der Waals surface area contributed by atoms with Crippen molar-refractivity contribution in [2.24, 2.45) is 0 Å². The lowest BCUT2D eigenvalue weighted by Crippen LogP contribution is -2.35. The number of aryl methyl sites for hydroxylation is 1. The SMILES string of the molecule is CCC(NC1CC1)C(O)c1ccc(C)cc1. The summed E-state index contributed by atoms with van der Waals surface area (Å²) in [5, 5.41) is 13.8. The normalized spacial score (nSPS) is 19.4. The van der Waals surface area contributed by atoms with Crippen LogP contribution in [0.5, 0.6) is 0 Å². The molecule has 2 unspecified atom stereocenters. The van der Waals surface area contributed by atoms with E-state index in [0.29, 0.717) is 6.04 Å². The Hall–Kier alpha value is -0.860. The minimum atomic E-state index is -0.383. The number of nitrogens with one attached hydrogen (secondary N) is 1. The summed E-state index contributed by atoms with van der Waals surface area (Å²) in [4.78, 5) is 0. The van der Waals surface area contributed by atoms with Crippen molar-refractivity contribution in [2.45, 2.75) is 51.3 Å². The van der Waals surface area contributed by atoms with E-state index < -0.39 is 0 Å². The summed E-state index contributed by atoms with van der Waals surface area (Å²) in [6.45, 7) is 4.19. The van der Waals surface area contributed by atoms with E-state index in [1.54, 1.807) is 0 Å². The first-order valence-corrected chi connectivity index (χ1v) is 6.21. The van der Waals surface area contributed by atoms with Gasteiger partial charge in [-0.3, -0.25) is 0 Å². The predicted octanol–water partition coefficient (Wildman–Crippen LogP) is 2.56. The zero-order chi connectivity index (χ0) is 11.5. The van der Waals surface area contributed by atoms with E-state index in [-0.39, 0.29) is 12.1 Å². The third-order valence-electron chi connectivity index (χ3n) is 3.27. The first kappa shape index (κ1) is 11.6. The minimum absolute atomic E-state index is 0.190. The molecule has 0 aromatic heterocycles. The number of hydrogen-bond acceptors (Lipinski definition) is 2. The molecule has 1 aromatic rings. The summed E-state index contributed by atoms with van der Waals surface area (Å²) < 4.78 is 0. The molecule has 16 heavy (non-hydrogen) atoms. The molecule has 0 bridgehead atoms. The number of rotatable bonds is 5. The van der Waals surface area contributed by atoms with Crippen molar-refractivity contribution in [3.05, 3.63) is 35.4 Å². The Labute approximate surface area is 97.7 Å². The van der Waals surface area contributed by atoms with Gasteiger partial charge >= 0.3 is 0 Å². The molecule has 0 amide bonds. The fraction of sp³-hybridized carbons (Fsp3) is 0.571. The lowest BCUT2D eigenvalue weighted by molar-refractivity contribution is 0.125. The van der Waals surface area contributed by atoms with Gasteiger partial charge in [-0.25, -0.2) is 0 Å². The van der Waals surface area contributed by atoms with Crippen LogP contribution in [0.2, 0.25) is 0 Å². The van der Waals surface area contributed by atoms with Crippen LogP contribution in [0.25, 0.3) is 0 Å². The quantitative estimate of drug-likeness (QED) is 0.797. The molecule has 2 heteroatoms. The molecular formula is C14H21NO. The van der Waals surface area contributed by atoms with Crippen LogP contribution in [0.1, 0.15) is 43.4 Å². The molecule has 1 aromatic carbocycles. The highest BCUT2D eigenvalue weighted by Crippen LogP contribution is 2.25. The molecule has 1 fully saturated rings. The summed E-state index contributed by atoms with van der Waals surface area (Å²) >= 11 is 0. The molecule has 1 aliphatic carbocycles. The average Bonchev–Trinajstić information content (AvgIpc) is 3.10. The summed E-state index contributed by atoms with van der Waals surface area (Å²) in [6.07, 6.45) is 3.10. The lowest BCUT2D eigenvalue weighted by Gasteiger charge is -2.23. The van der Waals surface area contributed by atoms with Crippen LogP contribution in [0.3, 0.4) is 0 Å². The highest BCUT2D eigenvalue weighted by atomic mass is 16.3. The highest BCUT2D eigenvalue weighted by Gasteiger charge is 2.27. The highest BCUT2D eigenvalue weighted by molar-refractivity contribution is 5.24. The average molecular weight is 219 g/mol. The van der Waals surface area contributed by atoms with Crippen LogP contribution in [0, 0.1) is 6.92 Å². The summed E-state index contributed by atoms with van der Waals surface area (Å²) in [7, 11) is 0. The monoisotopic (exact) mass is 219 g/mol. The molecule has 1 saturated carbocycles. The Kier molecular flexibility index (Phi) is 3.62. The lowest BCUT2D eigenvalue weighted by atomic mass is 9.99. The molecular weight excluding hydrogens is 198 g/mol. The number of aliphatic hydroxyl groups is 1. The van der Waals surface area contributed by atoms with E-state index in [4.69, 9.17) is 0 Å². The maximum atomic E-state index is 10.3. The Morgan fingerprint density at radius 2 is 1.94 bits per heavy atom. The predicted molar refractivity (Wildman–Crippen MR) is 66.4 cm³/mol. The van der Waals surface area contributed by atoms with Gasteiger partial charge in [0.15, 0.2) is 0 Å².